The lowest BCUT2D eigenvalue weighted by Gasteiger charge is -2.10. The fourth-order valence-electron chi connectivity index (χ4n) is 2.01. The molecule has 1 amide bonds. The van der Waals surface area contributed by atoms with Crippen molar-refractivity contribution >= 4 is 16.8 Å². The Hall–Kier alpha value is -2.14. The summed E-state index contributed by atoms with van der Waals surface area (Å²) in [6.07, 6.45) is 2.01. The van der Waals surface area contributed by atoms with Crippen LogP contribution in [0.15, 0.2) is 30.3 Å². The summed E-state index contributed by atoms with van der Waals surface area (Å²) < 4.78 is 5.63. The first-order valence-electron chi connectivity index (χ1n) is 7.27. The van der Waals surface area contributed by atoms with Crippen LogP contribution in [-0.2, 0) is 0 Å². The molecule has 0 bridgehead atoms. The molecule has 0 fully saturated rings. The molecule has 0 aliphatic carbocycles. The maximum atomic E-state index is 12.2. The second kappa shape index (κ2) is 7.59. The molecule has 0 spiro atoms. The molecule has 2 rings (SSSR count). The maximum Gasteiger partial charge on any atom is 0.252 e. The number of ether oxygens (including phenoxy) is 1. The zero-order valence-electron chi connectivity index (χ0n) is 12.3. The van der Waals surface area contributed by atoms with Gasteiger partial charge in [-0.25, -0.2) is 4.98 Å². The Kier molecular flexibility index (Phi) is 5.51. The quantitative estimate of drug-likeness (QED) is 0.765. The topological polar surface area (TPSA) is 77.2 Å². The highest BCUT2D eigenvalue weighted by atomic mass is 16.5. The number of nitrogens with two attached hydrogens (primary N) is 1. The summed E-state index contributed by atoms with van der Waals surface area (Å²) in [4.78, 5) is 16.7. The monoisotopic (exact) mass is 287 g/mol. The van der Waals surface area contributed by atoms with Gasteiger partial charge in [-0.15, -0.1) is 0 Å². The number of aromatic nitrogens is 1. The van der Waals surface area contributed by atoms with E-state index in [9.17, 15) is 4.79 Å². The van der Waals surface area contributed by atoms with Crippen LogP contribution in [-0.4, -0.2) is 30.6 Å². The lowest BCUT2D eigenvalue weighted by molar-refractivity contribution is 0.0956. The van der Waals surface area contributed by atoms with Crippen molar-refractivity contribution in [2.24, 2.45) is 5.73 Å². The van der Waals surface area contributed by atoms with Crippen molar-refractivity contribution in [3.05, 3.63) is 35.9 Å². The van der Waals surface area contributed by atoms with E-state index in [-0.39, 0.29) is 5.91 Å². The van der Waals surface area contributed by atoms with Gasteiger partial charge in [0.1, 0.15) is 0 Å². The molecule has 2 aromatic rings. The van der Waals surface area contributed by atoms with Crippen LogP contribution in [0.2, 0.25) is 0 Å². The van der Waals surface area contributed by atoms with Crippen LogP contribution in [0, 0.1) is 0 Å². The Morgan fingerprint density at radius 2 is 2.19 bits per heavy atom. The molecule has 0 unspecified atom stereocenters. The largest absolute Gasteiger partial charge is 0.478 e. The third-order valence-corrected chi connectivity index (χ3v) is 3.12. The number of carbonyl (C=O) groups is 1. The molecule has 3 N–H and O–H groups in total. The summed E-state index contributed by atoms with van der Waals surface area (Å²) in [6.45, 7) is 3.56. The summed E-state index contributed by atoms with van der Waals surface area (Å²) in [5.41, 5.74) is 6.75. The van der Waals surface area contributed by atoms with Crippen molar-refractivity contribution in [2.75, 3.05) is 19.7 Å². The van der Waals surface area contributed by atoms with E-state index in [2.05, 4.69) is 17.2 Å². The Labute approximate surface area is 124 Å². The minimum Gasteiger partial charge on any atom is -0.478 e. The average molecular weight is 287 g/mol. The minimum absolute atomic E-state index is 0.153. The molecule has 0 radical (unpaired) electrons. The van der Waals surface area contributed by atoms with Gasteiger partial charge in [-0.05, 0) is 12.5 Å². The number of rotatable bonds is 7. The summed E-state index contributed by atoms with van der Waals surface area (Å²) in [6, 6.07) is 9.25. The molecule has 5 heteroatoms. The summed E-state index contributed by atoms with van der Waals surface area (Å²) >= 11 is 0. The van der Waals surface area contributed by atoms with Gasteiger partial charge in [0.25, 0.3) is 5.91 Å². The van der Waals surface area contributed by atoms with Crippen LogP contribution in [0.1, 0.15) is 30.1 Å². The number of hydrogen-bond donors (Lipinski definition) is 2. The fourth-order valence-corrected chi connectivity index (χ4v) is 2.01. The van der Waals surface area contributed by atoms with Gasteiger partial charge in [0.05, 0.1) is 17.7 Å². The van der Waals surface area contributed by atoms with Crippen molar-refractivity contribution in [1.82, 2.24) is 10.3 Å². The van der Waals surface area contributed by atoms with E-state index in [1.54, 1.807) is 6.07 Å². The maximum absolute atomic E-state index is 12.2. The number of hydrogen-bond acceptors (Lipinski definition) is 4. The number of para-hydroxylation sites is 1. The van der Waals surface area contributed by atoms with E-state index in [0.717, 1.165) is 23.7 Å². The molecular formula is C16H21N3O2. The van der Waals surface area contributed by atoms with Gasteiger partial charge in [-0.3, -0.25) is 4.79 Å². The zero-order chi connectivity index (χ0) is 15.1. The first kappa shape index (κ1) is 15.3. The Morgan fingerprint density at radius 1 is 1.38 bits per heavy atom. The lowest BCUT2D eigenvalue weighted by Crippen LogP contribution is -2.29. The van der Waals surface area contributed by atoms with Crippen LogP contribution in [0.25, 0.3) is 10.9 Å². The molecule has 5 nitrogen and oxygen atoms in total. The zero-order valence-corrected chi connectivity index (χ0v) is 12.3. The van der Waals surface area contributed by atoms with E-state index >= 15 is 0 Å². The molecule has 1 aromatic carbocycles. The predicted molar refractivity (Wildman–Crippen MR) is 83.5 cm³/mol. The molecule has 0 atom stereocenters. The molecule has 112 valence electrons. The van der Waals surface area contributed by atoms with Gasteiger partial charge >= 0.3 is 0 Å². The van der Waals surface area contributed by atoms with Gasteiger partial charge in [0.2, 0.25) is 5.88 Å². The van der Waals surface area contributed by atoms with Crippen LogP contribution >= 0.6 is 0 Å². The van der Waals surface area contributed by atoms with Crippen molar-refractivity contribution < 1.29 is 9.53 Å². The molecule has 0 saturated carbocycles. The molecule has 0 aliphatic rings. The van der Waals surface area contributed by atoms with Crippen LogP contribution in [0.3, 0.4) is 0 Å². The fraction of sp³-hybridized carbons (Fsp3) is 0.375. The number of nitrogens with one attached hydrogen (secondary N) is 1. The number of amides is 1. The van der Waals surface area contributed by atoms with Crippen molar-refractivity contribution in [3.63, 3.8) is 0 Å². The number of fused-ring (bicyclic) bond motifs is 1. The Morgan fingerprint density at radius 3 is 2.95 bits per heavy atom. The first-order chi connectivity index (χ1) is 10.3. The van der Waals surface area contributed by atoms with Crippen LogP contribution in [0.4, 0.5) is 0 Å². The standard InChI is InChI=1S/C16H21N3O2/c1-2-3-10-21-15-11-13(16(20)18-9-8-17)12-6-4-5-7-14(12)19-15/h4-7,11H,2-3,8-10,17H2,1H3,(H,18,20). The molecule has 21 heavy (non-hydrogen) atoms. The van der Waals surface area contributed by atoms with Crippen LogP contribution < -0.4 is 15.8 Å². The van der Waals surface area contributed by atoms with E-state index in [0.29, 0.717) is 31.1 Å². The smallest absolute Gasteiger partial charge is 0.252 e. The highest BCUT2D eigenvalue weighted by Crippen LogP contribution is 2.22. The number of carbonyl (C=O) groups excluding carboxylic acids is 1. The predicted octanol–water partition coefficient (Wildman–Crippen LogP) is 2.10. The highest BCUT2D eigenvalue weighted by molar-refractivity contribution is 6.06. The third-order valence-electron chi connectivity index (χ3n) is 3.12. The Balaban J connectivity index is 2.33. The summed E-state index contributed by atoms with van der Waals surface area (Å²) in [7, 11) is 0. The van der Waals surface area contributed by atoms with Crippen molar-refractivity contribution in [2.45, 2.75) is 19.8 Å². The van der Waals surface area contributed by atoms with Crippen molar-refractivity contribution in [1.29, 1.82) is 0 Å². The second-order valence-corrected chi connectivity index (χ2v) is 4.77. The molecule has 1 aromatic heterocycles. The van der Waals surface area contributed by atoms with E-state index < -0.39 is 0 Å². The normalized spacial score (nSPS) is 10.6. The van der Waals surface area contributed by atoms with Gasteiger partial charge in [-0.1, -0.05) is 31.5 Å². The molecule has 1 heterocycles. The van der Waals surface area contributed by atoms with E-state index in [4.69, 9.17) is 10.5 Å². The van der Waals surface area contributed by atoms with Gasteiger partial charge < -0.3 is 15.8 Å². The number of benzene rings is 1. The van der Waals surface area contributed by atoms with E-state index in [1.165, 1.54) is 0 Å². The highest BCUT2D eigenvalue weighted by Gasteiger charge is 2.13. The SMILES string of the molecule is CCCCOc1cc(C(=O)NCCN)c2ccccc2n1. The molecule has 0 saturated heterocycles. The summed E-state index contributed by atoms with van der Waals surface area (Å²) in [5.74, 6) is 0.333. The number of unbranched alkanes of at least 4 members (excludes halogenated alkanes) is 1. The van der Waals surface area contributed by atoms with Gasteiger partial charge in [-0.2, -0.15) is 0 Å². The van der Waals surface area contributed by atoms with Crippen molar-refractivity contribution in [3.8, 4) is 5.88 Å². The third kappa shape index (κ3) is 3.92. The lowest BCUT2D eigenvalue weighted by atomic mass is 10.1. The van der Waals surface area contributed by atoms with E-state index in [1.807, 2.05) is 24.3 Å². The minimum atomic E-state index is -0.153. The molecule has 0 aliphatic heterocycles. The first-order valence-corrected chi connectivity index (χ1v) is 7.27. The number of nitrogens with zero attached hydrogens (tertiary/aromatic N) is 1. The summed E-state index contributed by atoms with van der Waals surface area (Å²) in [5, 5.41) is 3.60. The molecular weight excluding hydrogens is 266 g/mol. The number of pyridine rings is 1. The Bertz CT molecular complexity index is 613. The van der Waals surface area contributed by atoms with Gasteiger partial charge in [0, 0.05) is 24.5 Å². The van der Waals surface area contributed by atoms with Crippen LogP contribution in [0.5, 0.6) is 5.88 Å². The second-order valence-electron chi connectivity index (χ2n) is 4.77. The average Bonchev–Trinajstić information content (AvgIpc) is 2.52. The van der Waals surface area contributed by atoms with Gasteiger partial charge in [0.15, 0.2) is 0 Å².